The summed E-state index contributed by atoms with van der Waals surface area (Å²) in [4.78, 5) is 13.1. The molecule has 0 spiro atoms. The highest BCUT2D eigenvalue weighted by Gasteiger charge is 2.13. The number of benzene rings is 2. The van der Waals surface area contributed by atoms with Crippen LogP contribution in [0.5, 0.6) is 11.6 Å². The highest BCUT2D eigenvalue weighted by molar-refractivity contribution is 7.91. The number of hydrogen-bond donors (Lipinski definition) is 1. The minimum Gasteiger partial charge on any atom is -0.439 e. The van der Waals surface area contributed by atoms with Gasteiger partial charge in [0.05, 0.1) is 11.4 Å². The van der Waals surface area contributed by atoms with E-state index in [9.17, 15) is 12.8 Å². The molecule has 0 radical (unpaired) electrons. The molecule has 0 saturated heterocycles. The van der Waals surface area contributed by atoms with E-state index in [0.29, 0.717) is 34.5 Å². The Bertz CT molecular complexity index is 1400. The SMILES string of the molecule is Cc1nc(Oc2ccc(NS(=O)(=O)Cc3cccc(F)c3)cc2)cc(-n2cnc(C)c2C)n1. The van der Waals surface area contributed by atoms with Crippen LogP contribution in [0.3, 0.4) is 0 Å². The first-order valence-corrected chi connectivity index (χ1v) is 11.7. The topological polar surface area (TPSA) is 99.0 Å². The number of hydrogen-bond acceptors (Lipinski definition) is 6. The first-order valence-electron chi connectivity index (χ1n) is 10.1. The number of ether oxygens (including phenoxy) is 1. The number of imidazole rings is 1. The monoisotopic (exact) mass is 467 g/mol. The Morgan fingerprint density at radius 3 is 2.45 bits per heavy atom. The first kappa shape index (κ1) is 22.4. The standard InChI is InChI=1S/C23H22FN5O3S/c1-15-16(2)29(14-25-15)22-12-23(27-17(3)26-22)32-21-9-7-20(8-10-21)28-33(30,31)13-18-5-4-6-19(24)11-18/h4-12,14,28H,13H2,1-3H3. The van der Waals surface area contributed by atoms with E-state index >= 15 is 0 Å². The molecule has 0 amide bonds. The van der Waals surface area contributed by atoms with Crippen molar-refractivity contribution < 1.29 is 17.5 Å². The van der Waals surface area contributed by atoms with Crippen molar-refractivity contribution in [1.82, 2.24) is 19.5 Å². The van der Waals surface area contributed by atoms with Crippen molar-refractivity contribution in [3.05, 3.63) is 89.5 Å². The van der Waals surface area contributed by atoms with Gasteiger partial charge in [-0.1, -0.05) is 12.1 Å². The van der Waals surface area contributed by atoms with Gasteiger partial charge in [-0.25, -0.2) is 22.8 Å². The molecule has 33 heavy (non-hydrogen) atoms. The Morgan fingerprint density at radius 2 is 1.79 bits per heavy atom. The summed E-state index contributed by atoms with van der Waals surface area (Å²) in [5, 5.41) is 0. The van der Waals surface area contributed by atoms with Gasteiger partial charge in [0, 0.05) is 17.4 Å². The molecule has 0 aliphatic rings. The van der Waals surface area contributed by atoms with Gasteiger partial charge in [-0.15, -0.1) is 0 Å². The minimum absolute atomic E-state index is 0.334. The molecule has 4 aromatic rings. The van der Waals surface area contributed by atoms with Crippen LogP contribution in [0.2, 0.25) is 0 Å². The molecule has 0 aliphatic carbocycles. The van der Waals surface area contributed by atoms with E-state index in [2.05, 4.69) is 19.7 Å². The summed E-state index contributed by atoms with van der Waals surface area (Å²) in [5.41, 5.74) is 2.60. The van der Waals surface area contributed by atoms with Crippen molar-refractivity contribution >= 4 is 15.7 Å². The molecule has 0 atom stereocenters. The first-order chi connectivity index (χ1) is 15.7. The zero-order valence-corrected chi connectivity index (χ0v) is 19.1. The third-order valence-electron chi connectivity index (χ3n) is 4.90. The predicted octanol–water partition coefficient (Wildman–Crippen LogP) is 4.46. The molecular weight excluding hydrogens is 445 g/mol. The third kappa shape index (κ3) is 5.53. The van der Waals surface area contributed by atoms with Crippen LogP contribution in [0, 0.1) is 26.6 Å². The van der Waals surface area contributed by atoms with Crippen molar-refractivity contribution in [1.29, 1.82) is 0 Å². The van der Waals surface area contributed by atoms with Gasteiger partial charge in [-0.05, 0) is 62.7 Å². The maximum Gasteiger partial charge on any atom is 0.236 e. The maximum absolute atomic E-state index is 13.3. The van der Waals surface area contributed by atoms with Crippen LogP contribution in [0.1, 0.15) is 22.8 Å². The predicted molar refractivity (Wildman–Crippen MR) is 123 cm³/mol. The minimum atomic E-state index is -3.71. The Balaban J connectivity index is 1.47. The molecule has 170 valence electrons. The van der Waals surface area contributed by atoms with E-state index < -0.39 is 15.8 Å². The van der Waals surface area contributed by atoms with Gasteiger partial charge in [0.25, 0.3) is 0 Å². The van der Waals surface area contributed by atoms with E-state index in [1.54, 1.807) is 49.6 Å². The van der Waals surface area contributed by atoms with Crippen molar-refractivity contribution in [2.45, 2.75) is 26.5 Å². The average molecular weight is 468 g/mol. The number of nitrogens with zero attached hydrogens (tertiary/aromatic N) is 4. The lowest BCUT2D eigenvalue weighted by atomic mass is 10.2. The van der Waals surface area contributed by atoms with Gasteiger partial charge in [-0.3, -0.25) is 9.29 Å². The summed E-state index contributed by atoms with van der Waals surface area (Å²) in [6.45, 7) is 5.64. The fraction of sp³-hybridized carbons (Fsp3) is 0.174. The van der Waals surface area contributed by atoms with Gasteiger partial charge in [0.1, 0.15) is 29.5 Å². The van der Waals surface area contributed by atoms with Crippen LogP contribution < -0.4 is 9.46 Å². The highest BCUT2D eigenvalue weighted by atomic mass is 32.2. The van der Waals surface area contributed by atoms with Crippen LogP contribution in [0.4, 0.5) is 10.1 Å². The second-order valence-corrected chi connectivity index (χ2v) is 9.24. The molecule has 2 heterocycles. The maximum atomic E-state index is 13.3. The van der Waals surface area contributed by atoms with E-state index in [1.165, 1.54) is 18.2 Å². The normalized spacial score (nSPS) is 11.4. The van der Waals surface area contributed by atoms with Crippen molar-refractivity contribution in [3.8, 4) is 17.4 Å². The van der Waals surface area contributed by atoms with Crippen LogP contribution in [-0.4, -0.2) is 27.9 Å². The molecule has 4 rings (SSSR count). The lowest BCUT2D eigenvalue weighted by molar-refractivity contribution is 0.459. The van der Waals surface area contributed by atoms with Crippen molar-refractivity contribution in [3.63, 3.8) is 0 Å². The molecule has 8 nitrogen and oxygen atoms in total. The van der Waals surface area contributed by atoms with E-state index in [1.807, 2.05) is 18.4 Å². The average Bonchev–Trinajstić information content (AvgIpc) is 3.07. The Hall–Kier alpha value is -3.79. The number of halogens is 1. The second kappa shape index (κ2) is 8.99. The summed E-state index contributed by atoms with van der Waals surface area (Å²) in [6, 6.07) is 13.6. The molecule has 1 N–H and O–H groups in total. The van der Waals surface area contributed by atoms with Gasteiger partial charge >= 0.3 is 0 Å². The molecule has 10 heteroatoms. The van der Waals surface area contributed by atoms with E-state index in [-0.39, 0.29) is 5.75 Å². The van der Waals surface area contributed by atoms with Gasteiger partial charge in [0.15, 0.2) is 0 Å². The Labute approximate surface area is 191 Å². The fourth-order valence-electron chi connectivity index (χ4n) is 3.20. The quantitative estimate of drug-likeness (QED) is 0.431. The highest BCUT2D eigenvalue weighted by Crippen LogP contribution is 2.24. The molecular formula is C23H22FN5O3S. The molecule has 0 bridgehead atoms. The number of aryl methyl sites for hydroxylation is 2. The fourth-order valence-corrected chi connectivity index (χ4v) is 4.39. The number of rotatable bonds is 7. The molecule has 2 aromatic heterocycles. The summed E-state index contributed by atoms with van der Waals surface area (Å²) in [5.74, 6) is 1.19. The van der Waals surface area contributed by atoms with E-state index in [0.717, 1.165) is 11.4 Å². The number of aromatic nitrogens is 4. The third-order valence-corrected chi connectivity index (χ3v) is 6.16. The van der Waals surface area contributed by atoms with Crippen LogP contribution in [0.15, 0.2) is 60.9 Å². The molecule has 0 unspecified atom stereocenters. The lowest BCUT2D eigenvalue weighted by Gasteiger charge is -2.11. The largest absolute Gasteiger partial charge is 0.439 e. The van der Waals surface area contributed by atoms with Crippen LogP contribution >= 0.6 is 0 Å². The number of sulfonamides is 1. The summed E-state index contributed by atoms with van der Waals surface area (Å²) >= 11 is 0. The Morgan fingerprint density at radius 1 is 1.03 bits per heavy atom. The summed E-state index contributed by atoms with van der Waals surface area (Å²) < 4.78 is 48.3. The Kier molecular flexibility index (Phi) is 6.10. The van der Waals surface area contributed by atoms with Crippen molar-refractivity contribution in [2.24, 2.45) is 0 Å². The molecule has 0 saturated carbocycles. The number of anilines is 1. The lowest BCUT2D eigenvalue weighted by Crippen LogP contribution is -2.15. The van der Waals surface area contributed by atoms with Gasteiger partial charge < -0.3 is 4.74 Å². The summed E-state index contributed by atoms with van der Waals surface area (Å²) in [7, 11) is -3.71. The van der Waals surface area contributed by atoms with Gasteiger partial charge in [0.2, 0.25) is 15.9 Å². The molecule has 0 aliphatic heterocycles. The number of nitrogens with one attached hydrogen (secondary N) is 1. The van der Waals surface area contributed by atoms with E-state index in [4.69, 9.17) is 4.74 Å². The summed E-state index contributed by atoms with van der Waals surface area (Å²) in [6.07, 6.45) is 1.70. The second-order valence-electron chi connectivity index (χ2n) is 7.51. The smallest absolute Gasteiger partial charge is 0.236 e. The van der Waals surface area contributed by atoms with Crippen LogP contribution in [-0.2, 0) is 15.8 Å². The zero-order valence-electron chi connectivity index (χ0n) is 18.3. The van der Waals surface area contributed by atoms with Gasteiger partial charge in [-0.2, -0.15) is 4.98 Å². The molecule has 0 fully saturated rings. The van der Waals surface area contributed by atoms with Crippen molar-refractivity contribution in [2.75, 3.05) is 4.72 Å². The zero-order chi connectivity index (χ0) is 23.6. The molecule has 2 aromatic carbocycles. The van der Waals surface area contributed by atoms with Crippen LogP contribution in [0.25, 0.3) is 5.82 Å².